The fourth-order valence-electron chi connectivity index (χ4n) is 9.63. The lowest BCUT2D eigenvalue weighted by molar-refractivity contribution is -0.246. The molecule has 8 atom stereocenters. The number of rotatable bonds is 8. The van der Waals surface area contributed by atoms with Gasteiger partial charge in [-0.1, -0.05) is 36.8 Å². The highest BCUT2D eigenvalue weighted by Crippen LogP contribution is 2.68. The van der Waals surface area contributed by atoms with Crippen molar-refractivity contribution in [3.8, 4) is 0 Å². The minimum atomic E-state index is -0.907. The zero-order valence-corrected chi connectivity index (χ0v) is 25.9. The first-order chi connectivity index (χ1) is 19.7. The third-order valence-electron chi connectivity index (χ3n) is 11.9. The molecule has 4 aliphatic carbocycles. The standard InChI is InChI=1S/C34H50O7/c1-7-39-21-33(36-4)16-13-27-25-12-15-32(35)20-34(37-5,38-6)17-14-28(32)30(25)26(18-31(27,33)3)23-8-10-24(11-9-23)29-19-40-22(2)41-29/h8-11,22,25-27,29,35H,7,12-21H2,1-6H3/t22?,25-,26+,27-,29?,31-,32+,33+/m0/s1. The van der Waals surface area contributed by atoms with E-state index >= 15 is 0 Å². The summed E-state index contributed by atoms with van der Waals surface area (Å²) in [7, 11) is 5.28. The maximum Gasteiger partial charge on any atom is 0.170 e. The summed E-state index contributed by atoms with van der Waals surface area (Å²) in [6.45, 7) is 8.38. The quantitative estimate of drug-likeness (QED) is 0.301. The van der Waals surface area contributed by atoms with Gasteiger partial charge in [-0.15, -0.1) is 0 Å². The first-order valence-corrected chi connectivity index (χ1v) is 15.7. The van der Waals surface area contributed by atoms with Crippen LogP contribution in [0.3, 0.4) is 0 Å². The molecule has 1 saturated heterocycles. The monoisotopic (exact) mass is 570 g/mol. The van der Waals surface area contributed by atoms with E-state index in [0.717, 1.165) is 50.5 Å². The van der Waals surface area contributed by atoms with Gasteiger partial charge in [-0.25, -0.2) is 0 Å². The van der Waals surface area contributed by atoms with Crippen LogP contribution in [0.25, 0.3) is 0 Å². The summed E-state index contributed by atoms with van der Waals surface area (Å²) in [6, 6.07) is 9.01. The van der Waals surface area contributed by atoms with Gasteiger partial charge in [-0.05, 0) is 80.9 Å². The summed E-state index contributed by atoms with van der Waals surface area (Å²) in [5.41, 5.74) is 3.92. The maximum atomic E-state index is 12.3. The van der Waals surface area contributed by atoms with Gasteiger partial charge in [0.05, 0.1) is 24.4 Å². The molecule has 2 unspecified atom stereocenters. The third-order valence-corrected chi connectivity index (χ3v) is 11.9. The van der Waals surface area contributed by atoms with E-state index in [-0.39, 0.29) is 29.3 Å². The second kappa shape index (κ2) is 11.0. The Kier molecular flexibility index (Phi) is 7.97. The molecule has 4 fully saturated rings. The fourth-order valence-corrected chi connectivity index (χ4v) is 9.63. The summed E-state index contributed by atoms with van der Waals surface area (Å²) >= 11 is 0. The van der Waals surface area contributed by atoms with Crippen LogP contribution in [0.4, 0.5) is 0 Å². The van der Waals surface area contributed by atoms with E-state index in [1.165, 1.54) is 16.7 Å². The predicted molar refractivity (Wildman–Crippen MR) is 155 cm³/mol. The third kappa shape index (κ3) is 4.66. The van der Waals surface area contributed by atoms with Gasteiger partial charge in [0.15, 0.2) is 12.1 Å². The Morgan fingerprint density at radius 1 is 0.976 bits per heavy atom. The molecule has 1 aromatic rings. The molecule has 1 aromatic carbocycles. The minimum absolute atomic E-state index is 0.0291. The predicted octanol–water partition coefficient (Wildman–Crippen LogP) is 6.06. The molecule has 7 heteroatoms. The summed E-state index contributed by atoms with van der Waals surface area (Å²) in [6.07, 6.45) is 6.64. The van der Waals surface area contributed by atoms with Crippen molar-refractivity contribution in [2.45, 2.75) is 107 Å². The normalized spacial score (nSPS) is 41.7. The van der Waals surface area contributed by atoms with E-state index < -0.39 is 11.4 Å². The summed E-state index contributed by atoms with van der Waals surface area (Å²) < 4.78 is 35.9. The van der Waals surface area contributed by atoms with Crippen LogP contribution in [0.1, 0.15) is 95.3 Å². The zero-order valence-electron chi connectivity index (χ0n) is 25.9. The van der Waals surface area contributed by atoms with Gasteiger partial charge >= 0.3 is 0 Å². The van der Waals surface area contributed by atoms with Gasteiger partial charge in [0.2, 0.25) is 0 Å². The molecule has 228 valence electrons. The van der Waals surface area contributed by atoms with Gasteiger partial charge < -0.3 is 33.5 Å². The number of aliphatic hydroxyl groups is 1. The molecule has 1 aliphatic heterocycles. The first-order valence-electron chi connectivity index (χ1n) is 15.7. The lowest BCUT2D eigenvalue weighted by Crippen LogP contribution is -2.57. The van der Waals surface area contributed by atoms with Gasteiger partial charge in [0.25, 0.3) is 0 Å². The topological polar surface area (TPSA) is 75.6 Å². The molecule has 0 aromatic heterocycles. The van der Waals surface area contributed by atoms with Crippen LogP contribution in [0.15, 0.2) is 35.4 Å². The van der Waals surface area contributed by atoms with Crippen LogP contribution < -0.4 is 0 Å². The fraction of sp³-hybridized carbons (Fsp3) is 0.765. The summed E-state index contributed by atoms with van der Waals surface area (Å²) in [4.78, 5) is 0. The molecule has 0 bridgehead atoms. The highest BCUT2D eigenvalue weighted by atomic mass is 16.7. The number of fused-ring (bicyclic) bond motifs is 4. The van der Waals surface area contributed by atoms with E-state index in [1.807, 2.05) is 14.0 Å². The smallest absolute Gasteiger partial charge is 0.170 e. The Bertz CT molecular complexity index is 1130. The first kappa shape index (κ1) is 29.7. The Labute approximate surface area is 245 Å². The second-order valence-corrected chi connectivity index (χ2v) is 13.5. The molecule has 41 heavy (non-hydrogen) atoms. The van der Waals surface area contributed by atoms with E-state index in [2.05, 4.69) is 38.1 Å². The van der Waals surface area contributed by atoms with Crippen molar-refractivity contribution in [3.05, 3.63) is 46.5 Å². The summed E-state index contributed by atoms with van der Waals surface area (Å²) in [5.74, 6) is 0.372. The van der Waals surface area contributed by atoms with Crippen molar-refractivity contribution < 1.29 is 33.5 Å². The average Bonchev–Trinajstić information content (AvgIpc) is 3.55. The average molecular weight is 571 g/mol. The lowest BCUT2D eigenvalue weighted by Gasteiger charge is -2.58. The molecule has 7 nitrogen and oxygen atoms in total. The van der Waals surface area contributed by atoms with Crippen molar-refractivity contribution in [1.82, 2.24) is 0 Å². The Balaban J connectivity index is 1.44. The van der Waals surface area contributed by atoms with E-state index in [0.29, 0.717) is 38.1 Å². The van der Waals surface area contributed by atoms with Crippen LogP contribution in [0.2, 0.25) is 0 Å². The molecule has 1 N–H and O–H groups in total. The van der Waals surface area contributed by atoms with Crippen LogP contribution in [-0.2, 0) is 28.4 Å². The van der Waals surface area contributed by atoms with Crippen molar-refractivity contribution in [1.29, 1.82) is 0 Å². The van der Waals surface area contributed by atoms with E-state index in [1.54, 1.807) is 14.2 Å². The number of benzene rings is 1. The number of methoxy groups -OCH3 is 3. The van der Waals surface area contributed by atoms with Crippen LogP contribution in [0, 0.1) is 17.3 Å². The van der Waals surface area contributed by atoms with E-state index in [4.69, 9.17) is 28.4 Å². The highest BCUT2D eigenvalue weighted by Gasteiger charge is 2.65. The molecular formula is C34H50O7. The zero-order chi connectivity index (χ0) is 29.0. The molecule has 0 amide bonds. The van der Waals surface area contributed by atoms with Crippen LogP contribution >= 0.6 is 0 Å². The Morgan fingerprint density at radius 2 is 1.71 bits per heavy atom. The van der Waals surface area contributed by atoms with Gasteiger partial charge in [0, 0.05) is 52.1 Å². The number of hydrogen-bond acceptors (Lipinski definition) is 7. The molecule has 0 spiro atoms. The van der Waals surface area contributed by atoms with Crippen LogP contribution in [0.5, 0.6) is 0 Å². The van der Waals surface area contributed by atoms with Gasteiger partial charge in [-0.2, -0.15) is 0 Å². The SMILES string of the molecule is CCOC[C@]1(OC)CC[C@H]2[C@@H]3CC[C@@]4(O)CC(OC)(OC)CCC4=C3[C@@H](c3ccc(C4COC(C)O4)cc3)C[C@@]21C. The van der Waals surface area contributed by atoms with Crippen molar-refractivity contribution >= 4 is 0 Å². The lowest BCUT2D eigenvalue weighted by atomic mass is 9.49. The number of ether oxygens (including phenoxy) is 6. The summed E-state index contributed by atoms with van der Waals surface area (Å²) in [5, 5.41) is 12.3. The van der Waals surface area contributed by atoms with Crippen molar-refractivity contribution in [3.63, 3.8) is 0 Å². The maximum absolute atomic E-state index is 12.3. The minimum Gasteiger partial charge on any atom is -0.385 e. The van der Waals surface area contributed by atoms with Gasteiger partial charge in [0.1, 0.15) is 6.10 Å². The van der Waals surface area contributed by atoms with Crippen molar-refractivity contribution in [2.24, 2.45) is 17.3 Å². The molecule has 6 rings (SSSR count). The van der Waals surface area contributed by atoms with Gasteiger partial charge in [-0.3, -0.25) is 0 Å². The Hall–Kier alpha value is -1.32. The number of hydrogen-bond donors (Lipinski definition) is 1. The molecule has 3 saturated carbocycles. The molecule has 5 aliphatic rings. The molecule has 0 radical (unpaired) electrons. The molecule has 1 heterocycles. The number of allylic oxidation sites excluding steroid dienone is 1. The molecular weight excluding hydrogens is 520 g/mol. The second-order valence-electron chi connectivity index (χ2n) is 13.5. The van der Waals surface area contributed by atoms with Crippen molar-refractivity contribution in [2.75, 3.05) is 41.2 Å². The largest absolute Gasteiger partial charge is 0.385 e. The Morgan fingerprint density at radius 3 is 2.34 bits per heavy atom. The van der Waals surface area contributed by atoms with E-state index in [9.17, 15) is 5.11 Å². The highest BCUT2D eigenvalue weighted by molar-refractivity contribution is 5.44. The van der Waals surface area contributed by atoms with Crippen LogP contribution in [-0.4, -0.2) is 69.5 Å².